The third-order valence-corrected chi connectivity index (χ3v) is 4.19. The van der Waals surface area contributed by atoms with Crippen molar-refractivity contribution >= 4 is 28.3 Å². The Labute approximate surface area is 143 Å². The lowest BCUT2D eigenvalue weighted by atomic mass is 10.2. The highest BCUT2D eigenvalue weighted by Gasteiger charge is 2.22. The van der Waals surface area contributed by atoms with Crippen LogP contribution in [0.5, 0.6) is 0 Å². The Morgan fingerprint density at radius 3 is 2.92 bits per heavy atom. The second-order valence-corrected chi connectivity index (χ2v) is 5.70. The molecule has 1 saturated heterocycles. The normalized spacial score (nSPS) is 15.0. The molecule has 1 aliphatic rings. The summed E-state index contributed by atoms with van der Waals surface area (Å²) in [7, 11) is 0. The van der Waals surface area contributed by atoms with Crippen LogP contribution >= 0.6 is 0 Å². The Bertz CT molecular complexity index is 950. The van der Waals surface area contributed by atoms with Gasteiger partial charge in [0, 0.05) is 18.5 Å². The minimum absolute atomic E-state index is 0.155. The maximum Gasteiger partial charge on any atom is 0.360 e. The predicted octanol–water partition coefficient (Wildman–Crippen LogP) is 2.03. The van der Waals surface area contributed by atoms with E-state index in [2.05, 4.69) is 9.97 Å². The molecule has 0 saturated carbocycles. The van der Waals surface area contributed by atoms with E-state index < -0.39 is 5.97 Å². The molecule has 0 atom stereocenters. The summed E-state index contributed by atoms with van der Waals surface area (Å²) in [5.74, 6) is -0.239. The van der Waals surface area contributed by atoms with Crippen LogP contribution in [0.25, 0.3) is 16.6 Å². The quantitative estimate of drug-likeness (QED) is 0.677. The molecule has 0 unspecified atom stereocenters. The van der Waals surface area contributed by atoms with Crippen molar-refractivity contribution in [3.63, 3.8) is 0 Å². The molecular formula is C17H17FN4O3. The van der Waals surface area contributed by atoms with Crippen molar-refractivity contribution in [3.05, 3.63) is 36.0 Å². The van der Waals surface area contributed by atoms with Crippen LogP contribution in [0.4, 0.5) is 10.2 Å². The van der Waals surface area contributed by atoms with Gasteiger partial charge in [-0.2, -0.15) is 0 Å². The molecule has 4 rings (SSSR count). The van der Waals surface area contributed by atoms with Gasteiger partial charge in [-0.1, -0.05) is 0 Å². The number of ether oxygens (including phenoxy) is 2. The van der Waals surface area contributed by atoms with Crippen molar-refractivity contribution < 1.29 is 18.7 Å². The van der Waals surface area contributed by atoms with E-state index in [0.717, 1.165) is 5.52 Å². The van der Waals surface area contributed by atoms with Crippen LogP contribution in [0.1, 0.15) is 17.4 Å². The van der Waals surface area contributed by atoms with Crippen LogP contribution in [0, 0.1) is 5.82 Å². The molecule has 0 radical (unpaired) electrons. The first-order valence-electron chi connectivity index (χ1n) is 8.15. The number of nitrogens with zero attached hydrogens (tertiary/aromatic N) is 4. The number of anilines is 1. The van der Waals surface area contributed by atoms with E-state index in [9.17, 15) is 9.18 Å². The lowest BCUT2D eigenvalue weighted by Crippen LogP contribution is -2.37. The van der Waals surface area contributed by atoms with Gasteiger partial charge in [-0.25, -0.2) is 19.2 Å². The zero-order valence-corrected chi connectivity index (χ0v) is 13.7. The monoisotopic (exact) mass is 344 g/mol. The van der Waals surface area contributed by atoms with Gasteiger partial charge in [0.15, 0.2) is 11.3 Å². The topological polar surface area (TPSA) is 69.0 Å². The Balaban J connectivity index is 1.97. The second kappa shape index (κ2) is 6.29. The first-order valence-corrected chi connectivity index (χ1v) is 8.15. The van der Waals surface area contributed by atoms with Gasteiger partial charge in [-0.3, -0.25) is 4.40 Å². The van der Waals surface area contributed by atoms with Gasteiger partial charge < -0.3 is 14.4 Å². The highest BCUT2D eigenvalue weighted by atomic mass is 19.1. The van der Waals surface area contributed by atoms with E-state index in [0.29, 0.717) is 43.2 Å². The summed E-state index contributed by atoms with van der Waals surface area (Å²) in [6.07, 6.45) is 1.51. The zero-order chi connectivity index (χ0) is 17.4. The number of imidazole rings is 1. The molecule has 0 amide bonds. The van der Waals surface area contributed by atoms with Crippen molar-refractivity contribution in [1.82, 2.24) is 14.4 Å². The fourth-order valence-electron chi connectivity index (χ4n) is 3.04. The summed E-state index contributed by atoms with van der Waals surface area (Å²) in [4.78, 5) is 23.0. The summed E-state index contributed by atoms with van der Waals surface area (Å²) >= 11 is 0. The van der Waals surface area contributed by atoms with Gasteiger partial charge in [0.25, 0.3) is 0 Å². The summed E-state index contributed by atoms with van der Waals surface area (Å²) in [6.45, 7) is 4.45. The fraction of sp³-hybridized carbons (Fsp3) is 0.353. The number of carbonyl (C=O) groups excluding carboxylic acids is 1. The van der Waals surface area contributed by atoms with Crippen molar-refractivity contribution in [3.8, 4) is 0 Å². The first-order chi connectivity index (χ1) is 12.2. The van der Waals surface area contributed by atoms with Gasteiger partial charge >= 0.3 is 5.97 Å². The molecule has 1 fully saturated rings. The van der Waals surface area contributed by atoms with E-state index in [1.54, 1.807) is 17.4 Å². The van der Waals surface area contributed by atoms with Gasteiger partial charge in [0.05, 0.1) is 25.3 Å². The number of hydrogen-bond acceptors (Lipinski definition) is 6. The summed E-state index contributed by atoms with van der Waals surface area (Å²) in [5, 5.41) is 0.669. The van der Waals surface area contributed by atoms with Crippen LogP contribution in [0.15, 0.2) is 24.5 Å². The third kappa shape index (κ3) is 2.68. The van der Waals surface area contributed by atoms with Gasteiger partial charge in [-0.15, -0.1) is 0 Å². The maximum absolute atomic E-state index is 13.8. The van der Waals surface area contributed by atoms with Crippen molar-refractivity contribution in [2.75, 3.05) is 37.8 Å². The van der Waals surface area contributed by atoms with E-state index >= 15 is 0 Å². The van der Waals surface area contributed by atoms with Crippen LogP contribution in [0.2, 0.25) is 0 Å². The van der Waals surface area contributed by atoms with Gasteiger partial charge in [0.1, 0.15) is 18.0 Å². The first kappa shape index (κ1) is 15.8. The lowest BCUT2D eigenvalue weighted by molar-refractivity contribution is 0.0522. The Hall–Kier alpha value is -2.74. The molecule has 1 aromatic carbocycles. The average molecular weight is 344 g/mol. The summed E-state index contributed by atoms with van der Waals surface area (Å²) in [6, 6.07) is 4.51. The largest absolute Gasteiger partial charge is 0.461 e. The van der Waals surface area contributed by atoms with E-state index in [-0.39, 0.29) is 18.1 Å². The van der Waals surface area contributed by atoms with Crippen molar-refractivity contribution in [1.29, 1.82) is 0 Å². The van der Waals surface area contributed by atoms with Crippen LogP contribution in [-0.2, 0) is 9.47 Å². The molecular weight excluding hydrogens is 327 g/mol. The van der Waals surface area contributed by atoms with E-state index in [4.69, 9.17) is 9.47 Å². The molecule has 7 nitrogen and oxygen atoms in total. The second-order valence-electron chi connectivity index (χ2n) is 5.70. The van der Waals surface area contributed by atoms with Gasteiger partial charge in [0.2, 0.25) is 0 Å². The smallest absolute Gasteiger partial charge is 0.360 e. The van der Waals surface area contributed by atoms with E-state index in [1.165, 1.54) is 18.5 Å². The Morgan fingerprint density at radius 2 is 2.16 bits per heavy atom. The fourth-order valence-corrected chi connectivity index (χ4v) is 3.04. The minimum Gasteiger partial charge on any atom is -0.461 e. The van der Waals surface area contributed by atoms with Crippen LogP contribution in [-0.4, -0.2) is 53.2 Å². The molecule has 130 valence electrons. The molecule has 0 aliphatic carbocycles. The number of rotatable bonds is 3. The molecule has 1 aliphatic heterocycles. The number of morpholine rings is 1. The minimum atomic E-state index is -0.521. The van der Waals surface area contributed by atoms with Crippen LogP contribution in [0.3, 0.4) is 0 Å². The van der Waals surface area contributed by atoms with Gasteiger partial charge in [-0.05, 0) is 25.1 Å². The summed E-state index contributed by atoms with van der Waals surface area (Å²) in [5.41, 5.74) is 1.29. The van der Waals surface area contributed by atoms with Crippen molar-refractivity contribution in [2.45, 2.75) is 6.92 Å². The molecule has 0 bridgehead atoms. The van der Waals surface area contributed by atoms with E-state index in [1.807, 2.05) is 4.90 Å². The molecule has 2 aromatic heterocycles. The number of halogens is 1. The lowest BCUT2D eigenvalue weighted by Gasteiger charge is -2.29. The maximum atomic E-state index is 13.8. The SMILES string of the molecule is CCOC(=O)c1ncn2c1nc(N1CCOCC1)c1cc(F)ccc12. The highest BCUT2D eigenvalue weighted by Crippen LogP contribution is 2.29. The highest BCUT2D eigenvalue weighted by molar-refractivity contribution is 5.98. The number of benzene rings is 1. The predicted molar refractivity (Wildman–Crippen MR) is 89.4 cm³/mol. The summed E-state index contributed by atoms with van der Waals surface area (Å²) < 4.78 is 26.0. The number of carbonyl (C=O) groups is 1. The molecule has 25 heavy (non-hydrogen) atoms. The Kier molecular flexibility index (Phi) is 3.96. The number of aromatic nitrogens is 3. The molecule has 0 N–H and O–H groups in total. The Morgan fingerprint density at radius 1 is 1.36 bits per heavy atom. The molecule has 3 aromatic rings. The zero-order valence-electron chi connectivity index (χ0n) is 13.7. The molecule has 3 heterocycles. The number of hydrogen-bond donors (Lipinski definition) is 0. The average Bonchev–Trinajstić information content (AvgIpc) is 3.06. The molecule has 0 spiro atoms. The standard InChI is InChI=1S/C17H17FN4O3/c1-2-25-17(23)14-16-20-15(21-5-7-24-8-6-21)12-9-11(18)3-4-13(12)22(16)10-19-14/h3-4,9-10H,2,5-8H2,1H3. The van der Waals surface area contributed by atoms with Crippen molar-refractivity contribution in [2.24, 2.45) is 0 Å². The number of esters is 1. The third-order valence-electron chi connectivity index (χ3n) is 4.19. The van der Waals surface area contributed by atoms with Crippen LogP contribution < -0.4 is 4.90 Å². The molecule has 8 heteroatoms. The number of fused-ring (bicyclic) bond motifs is 3.